The van der Waals surface area contributed by atoms with Crippen LogP contribution in [0.15, 0.2) is 24.0 Å². The Morgan fingerprint density at radius 3 is 2.86 bits per heavy atom. The van der Waals surface area contributed by atoms with Crippen molar-refractivity contribution in [1.29, 1.82) is 0 Å². The fourth-order valence-electron chi connectivity index (χ4n) is 2.32. The Hall–Kier alpha value is -2.64. The number of allylic oxidation sites excluding steroid dienone is 1. The molecule has 2 N–H and O–H groups in total. The molecule has 0 aromatic rings. The molecular weight excluding hydrogens is 290 g/mol. The van der Waals surface area contributed by atoms with E-state index in [-0.39, 0.29) is 18.7 Å². The number of imide groups is 1. The highest BCUT2D eigenvalue weighted by Crippen LogP contribution is 2.21. The SMILES string of the molecule is C=C1CCC(N2C(=O)C=C(NCCC(=O)OC)C2=O)C(=O)N1. The summed E-state index contributed by atoms with van der Waals surface area (Å²) in [4.78, 5) is 48.1. The third-order valence-corrected chi connectivity index (χ3v) is 3.46. The maximum absolute atomic E-state index is 12.2. The van der Waals surface area contributed by atoms with Crippen LogP contribution in [-0.4, -0.2) is 48.3 Å². The van der Waals surface area contributed by atoms with Crippen molar-refractivity contribution in [3.05, 3.63) is 24.0 Å². The van der Waals surface area contributed by atoms with Gasteiger partial charge in [0.1, 0.15) is 11.7 Å². The van der Waals surface area contributed by atoms with E-state index in [4.69, 9.17) is 0 Å². The van der Waals surface area contributed by atoms with E-state index in [2.05, 4.69) is 21.9 Å². The number of amides is 3. The van der Waals surface area contributed by atoms with Gasteiger partial charge in [-0.05, 0) is 12.8 Å². The number of esters is 1. The van der Waals surface area contributed by atoms with Gasteiger partial charge in [-0.15, -0.1) is 0 Å². The fourth-order valence-corrected chi connectivity index (χ4v) is 2.32. The first-order chi connectivity index (χ1) is 10.4. The van der Waals surface area contributed by atoms with Gasteiger partial charge in [0.25, 0.3) is 11.8 Å². The van der Waals surface area contributed by atoms with Crippen LogP contribution >= 0.6 is 0 Å². The molecule has 0 bridgehead atoms. The number of hydrogen-bond donors (Lipinski definition) is 2. The molecular formula is C14H17N3O5. The quantitative estimate of drug-likeness (QED) is 0.508. The Bertz CT molecular complexity index is 581. The van der Waals surface area contributed by atoms with E-state index in [1.807, 2.05) is 0 Å². The summed E-state index contributed by atoms with van der Waals surface area (Å²) in [6.07, 6.45) is 2.07. The van der Waals surface area contributed by atoms with Crippen LogP contribution in [0.5, 0.6) is 0 Å². The Morgan fingerprint density at radius 1 is 1.50 bits per heavy atom. The van der Waals surface area contributed by atoms with Crippen LogP contribution in [0.1, 0.15) is 19.3 Å². The van der Waals surface area contributed by atoms with Gasteiger partial charge in [-0.3, -0.25) is 24.1 Å². The van der Waals surface area contributed by atoms with E-state index in [0.717, 1.165) is 11.0 Å². The lowest BCUT2D eigenvalue weighted by molar-refractivity contribution is -0.146. The second-order valence-corrected chi connectivity index (χ2v) is 4.97. The minimum atomic E-state index is -0.832. The number of carbonyl (C=O) groups is 4. The Kier molecular flexibility index (Phi) is 4.59. The van der Waals surface area contributed by atoms with Crippen molar-refractivity contribution in [2.75, 3.05) is 13.7 Å². The summed E-state index contributed by atoms with van der Waals surface area (Å²) >= 11 is 0. The van der Waals surface area contributed by atoms with Gasteiger partial charge in [0, 0.05) is 18.3 Å². The minimum absolute atomic E-state index is 0.0685. The molecule has 118 valence electrons. The first kappa shape index (κ1) is 15.7. The van der Waals surface area contributed by atoms with Crippen LogP contribution < -0.4 is 10.6 Å². The summed E-state index contributed by atoms with van der Waals surface area (Å²) < 4.78 is 4.48. The first-order valence-corrected chi connectivity index (χ1v) is 6.82. The number of ether oxygens (including phenoxy) is 1. The van der Waals surface area contributed by atoms with Crippen molar-refractivity contribution < 1.29 is 23.9 Å². The van der Waals surface area contributed by atoms with Crippen LogP contribution in [0.3, 0.4) is 0 Å². The normalized spacial score (nSPS) is 21.6. The largest absolute Gasteiger partial charge is 0.469 e. The van der Waals surface area contributed by atoms with E-state index < -0.39 is 29.7 Å². The molecule has 0 radical (unpaired) electrons. The molecule has 2 rings (SSSR count). The van der Waals surface area contributed by atoms with Crippen molar-refractivity contribution in [2.24, 2.45) is 0 Å². The second kappa shape index (κ2) is 6.42. The maximum Gasteiger partial charge on any atom is 0.307 e. The molecule has 8 nitrogen and oxygen atoms in total. The number of piperidine rings is 1. The van der Waals surface area contributed by atoms with Crippen molar-refractivity contribution in [2.45, 2.75) is 25.3 Å². The van der Waals surface area contributed by atoms with Crippen molar-refractivity contribution >= 4 is 23.7 Å². The van der Waals surface area contributed by atoms with E-state index in [9.17, 15) is 19.2 Å². The van der Waals surface area contributed by atoms with Crippen LogP contribution in [0, 0.1) is 0 Å². The molecule has 0 aromatic heterocycles. The Morgan fingerprint density at radius 2 is 2.23 bits per heavy atom. The highest BCUT2D eigenvalue weighted by Gasteiger charge is 2.41. The molecule has 2 aliphatic heterocycles. The van der Waals surface area contributed by atoms with Crippen molar-refractivity contribution in [3.8, 4) is 0 Å². The third-order valence-electron chi connectivity index (χ3n) is 3.46. The van der Waals surface area contributed by atoms with E-state index in [1.54, 1.807) is 0 Å². The van der Waals surface area contributed by atoms with Gasteiger partial charge < -0.3 is 15.4 Å². The first-order valence-electron chi connectivity index (χ1n) is 6.82. The number of rotatable bonds is 5. The predicted octanol–water partition coefficient (Wildman–Crippen LogP) is -0.816. The zero-order valence-corrected chi connectivity index (χ0v) is 12.2. The lowest BCUT2D eigenvalue weighted by Gasteiger charge is -2.29. The molecule has 8 heteroatoms. The zero-order valence-electron chi connectivity index (χ0n) is 12.2. The number of methoxy groups -OCH3 is 1. The van der Waals surface area contributed by atoms with E-state index in [1.165, 1.54) is 7.11 Å². The van der Waals surface area contributed by atoms with Crippen LogP contribution in [0.4, 0.5) is 0 Å². The number of hydrogen-bond acceptors (Lipinski definition) is 6. The molecule has 0 spiro atoms. The van der Waals surface area contributed by atoms with E-state index >= 15 is 0 Å². The second-order valence-electron chi connectivity index (χ2n) is 4.97. The Balaban J connectivity index is 1.98. The summed E-state index contributed by atoms with van der Waals surface area (Å²) in [6.45, 7) is 3.82. The summed E-state index contributed by atoms with van der Waals surface area (Å²) in [5.41, 5.74) is 0.649. The molecule has 0 aliphatic carbocycles. The van der Waals surface area contributed by atoms with Gasteiger partial charge in [-0.25, -0.2) is 0 Å². The third kappa shape index (κ3) is 3.16. The Labute approximate surface area is 127 Å². The highest BCUT2D eigenvalue weighted by molar-refractivity contribution is 6.17. The lowest BCUT2D eigenvalue weighted by Crippen LogP contribution is -2.52. The molecule has 2 heterocycles. The minimum Gasteiger partial charge on any atom is -0.469 e. The van der Waals surface area contributed by atoms with Gasteiger partial charge >= 0.3 is 5.97 Å². The van der Waals surface area contributed by atoms with Crippen LogP contribution in [-0.2, 0) is 23.9 Å². The summed E-state index contributed by atoms with van der Waals surface area (Å²) in [5, 5.41) is 5.26. The standard InChI is InChI=1S/C14H17N3O5/c1-8-3-4-10(13(20)16-8)17-11(18)7-9(14(17)21)15-6-5-12(19)22-2/h7,10,15H,1,3-6H2,2H3,(H,16,20). The van der Waals surface area contributed by atoms with Gasteiger partial charge in [0.05, 0.1) is 13.5 Å². The molecule has 0 aromatic carbocycles. The fraction of sp³-hybridized carbons (Fsp3) is 0.429. The molecule has 1 saturated heterocycles. The monoisotopic (exact) mass is 307 g/mol. The van der Waals surface area contributed by atoms with Crippen LogP contribution in [0.2, 0.25) is 0 Å². The number of nitrogens with one attached hydrogen (secondary N) is 2. The molecule has 1 unspecified atom stereocenters. The number of nitrogens with zero attached hydrogens (tertiary/aromatic N) is 1. The summed E-state index contributed by atoms with van der Waals surface area (Å²) in [5.74, 6) is -1.95. The highest BCUT2D eigenvalue weighted by atomic mass is 16.5. The van der Waals surface area contributed by atoms with Crippen molar-refractivity contribution in [3.63, 3.8) is 0 Å². The molecule has 3 amide bonds. The number of carbonyl (C=O) groups excluding carboxylic acids is 4. The summed E-state index contributed by atoms with van der Waals surface area (Å²) in [7, 11) is 1.27. The zero-order chi connectivity index (χ0) is 16.3. The van der Waals surface area contributed by atoms with Crippen molar-refractivity contribution in [1.82, 2.24) is 15.5 Å². The van der Waals surface area contributed by atoms with Gasteiger partial charge in [0.2, 0.25) is 5.91 Å². The lowest BCUT2D eigenvalue weighted by atomic mass is 10.0. The molecule has 22 heavy (non-hydrogen) atoms. The molecule has 1 atom stereocenters. The molecule has 2 aliphatic rings. The van der Waals surface area contributed by atoms with Crippen LogP contribution in [0.25, 0.3) is 0 Å². The average Bonchev–Trinajstić information content (AvgIpc) is 2.74. The average molecular weight is 307 g/mol. The van der Waals surface area contributed by atoms with Gasteiger partial charge in [-0.2, -0.15) is 0 Å². The van der Waals surface area contributed by atoms with E-state index in [0.29, 0.717) is 18.5 Å². The van der Waals surface area contributed by atoms with Gasteiger partial charge in [-0.1, -0.05) is 6.58 Å². The molecule has 0 saturated carbocycles. The predicted molar refractivity (Wildman–Crippen MR) is 74.9 cm³/mol. The molecule has 1 fully saturated rings. The smallest absolute Gasteiger partial charge is 0.307 e. The maximum atomic E-state index is 12.2. The van der Waals surface area contributed by atoms with Gasteiger partial charge in [0.15, 0.2) is 0 Å². The summed E-state index contributed by atoms with van der Waals surface area (Å²) in [6, 6.07) is -0.832. The topological polar surface area (TPSA) is 105 Å².